The summed E-state index contributed by atoms with van der Waals surface area (Å²) in [6.07, 6.45) is 1.26. The lowest BCUT2D eigenvalue weighted by Crippen LogP contribution is -2.40. The lowest BCUT2D eigenvalue weighted by molar-refractivity contribution is 0.0653. The molecule has 1 aromatic heterocycles. The van der Waals surface area contributed by atoms with Crippen LogP contribution in [0, 0.1) is 25.6 Å². The minimum Gasteiger partial charge on any atom is -0.338 e. The van der Waals surface area contributed by atoms with E-state index in [0.717, 1.165) is 16.7 Å². The number of anilines is 1. The third-order valence-corrected chi connectivity index (χ3v) is 7.07. The minimum absolute atomic E-state index is 0.0812. The topological polar surface area (TPSA) is 66.5 Å². The molecule has 0 atom stereocenters. The molecule has 33 heavy (non-hydrogen) atoms. The number of rotatable bonds is 5. The molecule has 5 nitrogen and oxygen atoms in total. The summed E-state index contributed by atoms with van der Waals surface area (Å²) >= 11 is 1.21. The number of nitrogens with one attached hydrogen (secondary N) is 1. The Morgan fingerprint density at radius 3 is 2.33 bits per heavy atom. The standard InChI is InChI=1S/C26H25FN2O3S/c1-16-6-8-18(9-7-16)23(30)19-10-12-29(13-11-19)26(32)24-17(2)14-22(33-24)28-25(31)20-4-3-5-21(27)15-20/h3-9,14-15,19H,10-13H2,1-2H3,(H,28,31). The maximum absolute atomic E-state index is 13.4. The van der Waals surface area contributed by atoms with E-state index in [1.54, 1.807) is 11.0 Å². The number of hydrogen-bond acceptors (Lipinski definition) is 4. The van der Waals surface area contributed by atoms with Gasteiger partial charge >= 0.3 is 0 Å². The SMILES string of the molecule is Cc1ccc(C(=O)C2CCN(C(=O)c3sc(NC(=O)c4cccc(F)c4)cc3C)CC2)cc1. The van der Waals surface area contributed by atoms with Gasteiger partial charge in [0.1, 0.15) is 5.82 Å². The molecule has 0 aliphatic carbocycles. The van der Waals surface area contributed by atoms with E-state index in [1.165, 1.54) is 35.6 Å². The van der Waals surface area contributed by atoms with Crippen LogP contribution >= 0.6 is 11.3 Å². The van der Waals surface area contributed by atoms with Crippen LogP contribution < -0.4 is 5.32 Å². The van der Waals surface area contributed by atoms with Gasteiger partial charge in [-0.1, -0.05) is 35.9 Å². The predicted molar refractivity (Wildman–Crippen MR) is 128 cm³/mol. The number of benzene rings is 2. The zero-order valence-corrected chi connectivity index (χ0v) is 19.4. The second-order valence-electron chi connectivity index (χ2n) is 8.38. The molecule has 1 fully saturated rings. The number of thiophene rings is 1. The van der Waals surface area contributed by atoms with Crippen LogP contribution in [0.2, 0.25) is 0 Å². The molecule has 3 aromatic rings. The van der Waals surface area contributed by atoms with Gasteiger partial charge in [-0.2, -0.15) is 0 Å². The van der Waals surface area contributed by atoms with E-state index in [9.17, 15) is 18.8 Å². The van der Waals surface area contributed by atoms with Crippen LogP contribution in [-0.4, -0.2) is 35.6 Å². The average Bonchev–Trinajstić information content (AvgIpc) is 3.18. The molecule has 1 saturated heterocycles. The highest BCUT2D eigenvalue weighted by atomic mass is 32.1. The molecule has 7 heteroatoms. The molecule has 0 unspecified atom stereocenters. The van der Waals surface area contributed by atoms with Crippen molar-refractivity contribution in [2.75, 3.05) is 18.4 Å². The number of hydrogen-bond donors (Lipinski definition) is 1. The summed E-state index contributed by atoms with van der Waals surface area (Å²) in [6, 6.07) is 14.8. The molecular formula is C26H25FN2O3S. The Kier molecular flexibility index (Phi) is 6.70. The van der Waals surface area contributed by atoms with E-state index in [-0.39, 0.29) is 23.2 Å². The number of carbonyl (C=O) groups is 3. The second kappa shape index (κ2) is 9.67. The normalized spacial score (nSPS) is 14.2. The average molecular weight is 465 g/mol. The number of piperidine rings is 1. The fourth-order valence-electron chi connectivity index (χ4n) is 4.01. The Labute approximate surface area is 196 Å². The van der Waals surface area contributed by atoms with Crippen molar-refractivity contribution >= 4 is 33.9 Å². The number of Topliss-reactive ketones (excluding diaryl/α,β-unsaturated/α-hetero) is 1. The van der Waals surface area contributed by atoms with E-state index in [2.05, 4.69) is 5.32 Å². The van der Waals surface area contributed by atoms with Gasteiger partial charge in [0.25, 0.3) is 11.8 Å². The number of likely N-dealkylation sites (tertiary alicyclic amines) is 1. The summed E-state index contributed by atoms with van der Waals surface area (Å²) < 4.78 is 13.4. The molecule has 170 valence electrons. The maximum atomic E-state index is 13.4. The fourth-order valence-corrected chi connectivity index (χ4v) is 5.05. The number of amides is 2. The van der Waals surface area contributed by atoms with Crippen LogP contribution in [0.4, 0.5) is 9.39 Å². The third-order valence-electron chi connectivity index (χ3n) is 5.92. The molecule has 2 aromatic carbocycles. The van der Waals surface area contributed by atoms with E-state index in [4.69, 9.17) is 0 Å². The van der Waals surface area contributed by atoms with Crippen LogP contribution in [0.25, 0.3) is 0 Å². The van der Waals surface area contributed by atoms with E-state index >= 15 is 0 Å². The monoisotopic (exact) mass is 464 g/mol. The van der Waals surface area contributed by atoms with Gasteiger partial charge in [-0.05, 0) is 56.5 Å². The molecular weight excluding hydrogens is 439 g/mol. The summed E-state index contributed by atoms with van der Waals surface area (Å²) in [5, 5.41) is 3.28. The molecule has 2 amide bonds. The molecule has 1 aliphatic rings. The van der Waals surface area contributed by atoms with Gasteiger partial charge in [-0.25, -0.2) is 4.39 Å². The molecule has 1 aliphatic heterocycles. The van der Waals surface area contributed by atoms with Gasteiger partial charge in [-0.15, -0.1) is 11.3 Å². The zero-order valence-electron chi connectivity index (χ0n) is 18.6. The van der Waals surface area contributed by atoms with Crippen molar-refractivity contribution in [3.05, 3.63) is 87.5 Å². The molecule has 0 bridgehead atoms. The lowest BCUT2D eigenvalue weighted by atomic mass is 9.88. The van der Waals surface area contributed by atoms with Crippen molar-refractivity contribution in [3.63, 3.8) is 0 Å². The van der Waals surface area contributed by atoms with Crippen LogP contribution in [0.5, 0.6) is 0 Å². The lowest BCUT2D eigenvalue weighted by Gasteiger charge is -2.31. The summed E-state index contributed by atoms with van der Waals surface area (Å²) in [7, 11) is 0. The third kappa shape index (κ3) is 5.20. The Balaban J connectivity index is 1.38. The molecule has 1 N–H and O–H groups in total. The first-order valence-corrected chi connectivity index (χ1v) is 11.7. The van der Waals surface area contributed by atoms with Gasteiger partial charge in [0.2, 0.25) is 0 Å². The van der Waals surface area contributed by atoms with Crippen molar-refractivity contribution in [2.24, 2.45) is 5.92 Å². The van der Waals surface area contributed by atoms with Gasteiger partial charge in [0.05, 0.1) is 9.88 Å². The first-order chi connectivity index (χ1) is 15.8. The number of halogens is 1. The smallest absolute Gasteiger partial charge is 0.264 e. The van der Waals surface area contributed by atoms with Gasteiger partial charge in [-0.3, -0.25) is 14.4 Å². The van der Waals surface area contributed by atoms with Crippen LogP contribution in [0.3, 0.4) is 0 Å². The van der Waals surface area contributed by atoms with Crippen molar-refractivity contribution in [2.45, 2.75) is 26.7 Å². The van der Waals surface area contributed by atoms with E-state index in [0.29, 0.717) is 35.8 Å². The highest BCUT2D eigenvalue weighted by molar-refractivity contribution is 7.18. The van der Waals surface area contributed by atoms with Gasteiger partial charge in [0.15, 0.2) is 5.78 Å². The Morgan fingerprint density at radius 1 is 0.970 bits per heavy atom. The summed E-state index contributed by atoms with van der Waals surface area (Å²) in [6.45, 7) is 4.85. The van der Waals surface area contributed by atoms with Crippen molar-refractivity contribution in [1.82, 2.24) is 4.90 Å². The predicted octanol–water partition coefficient (Wildman–Crippen LogP) is 5.49. The van der Waals surface area contributed by atoms with Crippen LogP contribution in [0.1, 0.15) is 54.4 Å². The molecule has 2 heterocycles. The highest BCUT2D eigenvalue weighted by Gasteiger charge is 2.29. The van der Waals surface area contributed by atoms with Crippen LogP contribution in [-0.2, 0) is 0 Å². The molecule has 0 spiro atoms. The van der Waals surface area contributed by atoms with E-state index < -0.39 is 11.7 Å². The zero-order chi connectivity index (χ0) is 23.5. The maximum Gasteiger partial charge on any atom is 0.264 e. The number of aryl methyl sites for hydroxylation is 2. The largest absolute Gasteiger partial charge is 0.338 e. The van der Waals surface area contributed by atoms with Gasteiger partial charge in [0, 0.05) is 30.1 Å². The number of nitrogens with zero attached hydrogens (tertiary/aromatic N) is 1. The molecule has 4 rings (SSSR count). The first-order valence-electron chi connectivity index (χ1n) is 10.9. The fraction of sp³-hybridized carbons (Fsp3) is 0.269. The van der Waals surface area contributed by atoms with Crippen LogP contribution in [0.15, 0.2) is 54.6 Å². The second-order valence-corrected chi connectivity index (χ2v) is 9.44. The first kappa shape index (κ1) is 22.9. The molecule has 0 radical (unpaired) electrons. The Hall–Kier alpha value is -3.32. The summed E-state index contributed by atoms with van der Waals surface area (Å²) in [4.78, 5) is 40.6. The van der Waals surface area contributed by atoms with Crippen molar-refractivity contribution in [3.8, 4) is 0 Å². The van der Waals surface area contributed by atoms with Crippen molar-refractivity contribution < 1.29 is 18.8 Å². The van der Waals surface area contributed by atoms with E-state index in [1.807, 2.05) is 38.1 Å². The highest BCUT2D eigenvalue weighted by Crippen LogP contribution is 2.30. The molecule has 0 saturated carbocycles. The number of ketones is 1. The summed E-state index contributed by atoms with van der Waals surface area (Å²) in [5.74, 6) is -0.945. The van der Waals surface area contributed by atoms with Crippen molar-refractivity contribution in [1.29, 1.82) is 0 Å². The quantitative estimate of drug-likeness (QED) is 0.508. The number of carbonyl (C=O) groups excluding carboxylic acids is 3. The Morgan fingerprint density at radius 2 is 1.67 bits per heavy atom. The Bertz CT molecular complexity index is 1190. The summed E-state index contributed by atoms with van der Waals surface area (Å²) in [5.41, 5.74) is 2.83. The van der Waals surface area contributed by atoms with Gasteiger partial charge < -0.3 is 10.2 Å². The minimum atomic E-state index is -0.481.